The van der Waals surface area contributed by atoms with Crippen molar-refractivity contribution in [3.63, 3.8) is 0 Å². The Morgan fingerprint density at radius 1 is 0.926 bits per heavy atom. The first-order valence-corrected chi connectivity index (χ1v) is 9.83. The van der Waals surface area contributed by atoms with Crippen LogP contribution in [0, 0.1) is 0 Å². The predicted octanol–water partition coefficient (Wildman–Crippen LogP) is 6.46. The molecule has 0 aliphatic heterocycles. The van der Waals surface area contributed by atoms with Crippen molar-refractivity contribution in [2.45, 2.75) is 13.2 Å². The molecule has 3 rings (SSSR count). The van der Waals surface area contributed by atoms with Crippen LogP contribution in [0.1, 0.15) is 16.7 Å². The number of para-hydroxylation sites is 1. The van der Waals surface area contributed by atoms with Crippen LogP contribution < -0.4 is 10.2 Å². The summed E-state index contributed by atoms with van der Waals surface area (Å²) in [6, 6.07) is 21.2. The van der Waals surface area contributed by atoms with Crippen LogP contribution in [0.5, 0.6) is 5.75 Å². The lowest BCUT2D eigenvalue weighted by molar-refractivity contribution is 0.306. The van der Waals surface area contributed by atoms with Gasteiger partial charge in [0.2, 0.25) is 0 Å². The Morgan fingerprint density at radius 3 is 2.37 bits per heavy atom. The molecule has 0 radical (unpaired) electrons. The zero-order valence-electron chi connectivity index (χ0n) is 14.3. The molecule has 0 spiro atoms. The Kier molecular flexibility index (Phi) is 7.16. The molecule has 3 aromatic rings. The normalized spacial score (nSPS) is 10.9. The zero-order chi connectivity index (χ0) is 19.1. The number of halogens is 3. The summed E-state index contributed by atoms with van der Waals surface area (Å²) in [7, 11) is 0. The molecular weight excluding hydrogens is 447 g/mol. The van der Waals surface area contributed by atoms with Crippen LogP contribution in [0.15, 0.2) is 76.3 Å². The van der Waals surface area contributed by atoms with Crippen LogP contribution in [0.2, 0.25) is 10.0 Å². The van der Waals surface area contributed by atoms with E-state index in [1.54, 1.807) is 18.3 Å². The van der Waals surface area contributed by atoms with Crippen molar-refractivity contribution < 1.29 is 4.74 Å². The van der Waals surface area contributed by atoms with Crippen LogP contribution in [0.3, 0.4) is 0 Å². The van der Waals surface area contributed by atoms with E-state index in [4.69, 9.17) is 27.9 Å². The van der Waals surface area contributed by atoms with Gasteiger partial charge in [-0.25, -0.2) is 0 Å². The molecule has 0 unspecified atom stereocenters. The Hall–Kier alpha value is -2.01. The lowest BCUT2D eigenvalue weighted by atomic mass is 10.2. The van der Waals surface area contributed by atoms with E-state index in [1.165, 1.54) is 0 Å². The summed E-state index contributed by atoms with van der Waals surface area (Å²) < 4.78 is 6.98. The fraction of sp³-hybridized carbons (Fsp3) is 0.0952. The molecule has 3 nitrogen and oxygen atoms in total. The Bertz CT molecular complexity index is 909. The summed E-state index contributed by atoms with van der Waals surface area (Å²) >= 11 is 15.8. The molecule has 0 saturated heterocycles. The van der Waals surface area contributed by atoms with E-state index in [0.29, 0.717) is 23.2 Å². The minimum absolute atomic E-state index is 0.441. The van der Waals surface area contributed by atoms with E-state index >= 15 is 0 Å². The predicted molar refractivity (Wildman–Crippen MR) is 116 cm³/mol. The van der Waals surface area contributed by atoms with E-state index < -0.39 is 0 Å². The van der Waals surface area contributed by atoms with Gasteiger partial charge < -0.3 is 10.2 Å². The van der Waals surface area contributed by atoms with Gasteiger partial charge in [-0.1, -0.05) is 69.5 Å². The van der Waals surface area contributed by atoms with Gasteiger partial charge in [0.1, 0.15) is 12.4 Å². The molecule has 0 amide bonds. The van der Waals surface area contributed by atoms with Crippen molar-refractivity contribution >= 4 is 45.3 Å². The van der Waals surface area contributed by atoms with Crippen molar-refractivity contribution in [3.8, 4) is 5.75 Å². The first kappa shape index (κ1) is 19.7. The van der Waals surface area contributed by atoms with E-state index in [9.17, 15) is 0 Å². The third-order valence-corrected chi connectivity index (χ3v) is 5.08. The lowest BCUT2D eigenvalue weighted by Crippen LogP contribution is -2.07. The van der Waals surface area contributed by atoms with Crippen LogP contribution in [-0.2, 0) is 13.2 Å². The quantitative estimate of drug-likeness (QED) is 0.322. The summed E-state index contributed by atoms with van der Waals surface area (Å²) in [6.45, 7) is 0.928. The fourth-order valence-corrected chi connectivity index (χ4v) is 3.20. The van der Waals surface area contributed by atoms with Crippen molar-refractivity contribution in [1.82, 2.24) is 5.43 Å². The third kappa shape index (κ3) is 5.73. The molecule has 0 aromatic heterocycles. The van der Waals surface area contributed by atoms with Gasteiger partial charge >= 0.3 is 0 Å². The van der Waals surface area contributed by atoms with Gasteiger partial charge in [-0.15, -0.1) is 0 Å². The molecule has 0 saturated carbocycles. The molecule has 27 heavy (non-hydrogen) atoms. The molecule has 0 aliphatic carbocycles. The van der Waals surface area contributed by atoms with Crippen LogP contribution >= 0.6 is 39.1 Å². The molecule has 0 bridgehead atoms. The lowest BCUT2D eigenvalue weighted by Gasteiger charge is -2.09. The van der Waals surface area contributed by atoms with E-state index in [-0.39, 0.29) is 0 Å². The number of rotatable bonds is 7. The Morgan fingerprint density at radius 2 is 1.63 bits per heavy atom. The SMILES string of the molecule is Clc1cccc(Cl)c1CN/N=C/c1ccccc1OCc1ccc(Br)cc1. The standard InChI is InChI=1S/C21H17BrCl2N2O/c22-17-10-8-15(9-11-17)14-27-21-7-2-1-4-16(21)12-25-26-13-18-19(23)5-3-6-20(18)24/h1-12,26H,13-14H2/b25-12+. The highest BCUT2D eigenvalue weighted by Gasteiger charge is 2.04. The highest BCUT2D eigenvalue weighted by molar-refractivity contribution is 9.10. The molecule has 0 fully saturated rings. The first-order chi connectivity index (χ1) is 13.1. The Labute approximate surface area is 177 Å². The third-order valence-electron chi connectivity index (χ3n) is 3.84. The Balaban J connectivity index is 1.61. The average molecular weight is 464 g/mol. The summed E-state index contributed by atoms with van der Waals surface area (Å²) in [5.41, 5.74) is 5.77. The molecule has 6 heteroatoms. The number of hydrogen-bond acceptors (Lipinski definition) is 3. The smallest absolute Gasteiger partial charge is 0.128 e. The van der Waals surface area contributed by atoms with Gasteiger partial charge in [0.05, 0.1) is 12.8 Å². The molecule has 138 valence electrons. The van der Waals surface area contributed by atoms with Crippen LogP contribution in [0.25, 0.3) is 0 Å². The number of benzene rings is 3. The highest BCUT2D eigenvalue weighted by Crippen LogP contribution is 2.24. The monoisotopic (exact) mass is 462 g/mol. The van der Waals surface area contributed by atoms with Gasteiger partial charge in [-0.05, 0) is 42.0 Å². The number of ether oxygens (including phenoxy) is 1. The van der Waals surface area contributed by atoms with E-state index in [0.717, 1.165) is 26.9 Å². The van der Waals surface area contributed by atoms with E-state index in [1.807, 2.05) is 54.6 Å². The minimum Gasteiger partial charge on any atom is -0.488 e. The zero-order valence-corrected chi connectivity index (χ0v) is 17.4. The maximum atomic E-state index is 6.16. The van der Waals surface area contributed by atoms with Gasteiger partial charge in [-0.3, -0.25) is 0 Å². The van der Waals surface area contributed by atoms with Crippen molar-refractivity contribution in [2.24, 2.45) is 5.10 Å². The maximum Gasteiger partial charge on any atom is 0.128 e. The van der Waals surface area contributed by atoms with E-state index in [2.05, 4.69) is 26.5 Å². The average Bonchev–Trinajstić information content (AvgIpc) is 2.67. The fourth-order valence-electron chi connectivity index (χ4n) is 2.40. The number of hydrogen-bond donors (Lipinski definition) is 1. The molecule has 0 atom stereocenters. The summed E-state index contributed by atoms with van der Waals surface area (Å²) in [5, 5.41) is 5.50. The first-order valence-electron chi connectivity index (χ1n) is 8.28. The van der Waals surface area contributed by atoms with Gasteiger partial charge in [-0.2, -0.15) is 5.10 Å². The van der Waals surface area contributed by atoms with Crippen LogP contribution in [0.4, 0.5) is 0 Å². The largest absolute Gasteiger partial charge is 0.488 e. The number of hydrazone groups is 1. The topological polar surface area (TPSA) is 33.6 Å². The second kappa shape index (κ2) is 9.79. The van der Waals surface area contributed by atoms with Gasteiger partial charge in [0, 0.05) is 25.6 Å². The molecule has 0 heterocycles. The number of nitrogens with one attached hydrogen (secondary N) is 1. The van der Waals surface area contributed by atoms with Crippen LogP contribution in [-0.4, -0.2) is 6.21 Å². The molecular formula is C21H17BrCl2N2O. The summed E-state index contributed by atoms with van der Waals surface area (Å²) in [5.74, 6) is 0.766. The number of nitrogens with zero attached hydrogens (tertiary/aromatic N) is 1. The summed E-state index contributed by atoms with van der Waals surface area (Å²) in [4.78, 5) is 0. The van der Waals surface area contributed by atoms with Crippen molar-refractivity contribution in [1.29, 1.82) is 0 Å². The second-order valence-electron chi connectivity index (χ2n) is 5.75. The second-order valence-corrected chi connectivity index (χ2v) is 7.48. The molecule has 1 N–H and O–H groups in total. The maximum absolute atomic E-state index is 6.16. The minimum atomic E-state index is 0.441. The van der Waals surface area contributed by atoms with Crippen molar-refractivity contribution in [3.05, 3.63) is 97.9 Å². The van der Waals surface area contributed by atoms with Gasteiger partial charge in [0.25, 0.3) is 0 Å². The van der Waals surface area contributed by atoms with Gasteiger partial charge in [0.15, 0.2) is 0 Å². The summed E-state index contributed by atoms with van der Waals surface area (Å²) in [6.07, 6.45) is 1.72. The molecule has 3 aromatic carbocycles. The van der Waals surface area contributed by atoms with Crippen molar-refractivity contribution in [2.75, 3.05) is 0 Å². The molecule has 0 aliphatic rings. The highest BCUT2D eigenvalue weighted by atomic mass is 79.9.